The maximum Gasteiger partial charge on any atom is 0.433 e. The zero-order valence-corrected chi connectivity index (χ0v) is 18.8. The van der Waals surface area contributed by atoms with Crippen LogP contribution in [0.1, 0.15) is 41.0 Å². The SMILES string of the molecule is CC[C@H](C)C(C=NC(=O)OC(C)(C)C)C(=O)N=S(N)(=O)c1ccc(Cl)c(Cl)c1. The van der Waals surface area contributed by atoms with Crippen LogP contribution < -0.4 is 5.14 Å². The van der Waals surface area contributed by atoms with E-state index in [0.29, 0.717) is 6.42 Å². The van der Waals surface area contributed by atoms with Crippen LogP contribution in [-0.4, -0.2) is 28.0 Å². The smallest absolute Gasteiger partial charge is 0.433 e. The molecule has 2 amide bonds. The van der Waals surface area contributed by atoms with Gasteiger partial charge in [0.05, 0.1) is 20.9 Å². The van der Waals surface area contributed by atoms with Gasteiger partial charge in [0.2, 0.25) is 0 Å². The highest BCUT2D eigenvalue weighted by Crippen LogP contribution is 2.25. The van der Waals surface area contributed by atoms with Crippen molar-refractivity contribution in [2.45, 2.75) is 51.5 Å². The molecule has 1 rings (SSSR count). The van der Waals surface area contributed by atoms with Gasteiger partial charge in [-0.25, -0.2) is 14.1 Å². The lowest BCUT2D eigenvalue weighted by atomic mass is 9.92. The van der Waals surface area contributed by atoms with Crippen LogP contribution in [0.5, 0.6) is 0 Å². The molecular weight excluding hydrogens is 425 g/mol. The van der Waals surface area contributed by atoms with Crippen molar-refractivity contribution >= 4 is 51.3 Å². The van der Waals surface area contributed by atoms with E-state index in [1.165, 1.54) is 24.4 Å². The first kappa shape index (κ1) is 24.6. The lowest BCUT2D eigenvalue weighted by Crippen LogP contribution is -2.26. The van der Waals surface area contributed by atoms with Crippen molar-refractivity contribution in [2.75, 3.05) is 0 Å². The molecule has 0 fully saturated rings. The lowest BCUT2D eigenvalue weighted by molar-refractivity contribution is -0.120. The molecule has 0 bridgehead atoms. The second-order valence-electron chi connectivity index (χ2n) is 7.24. The van der Waals surface area contributed by atoms with E-state index in [-0.39, 0.29) is 20.9 Å². The first-order chi connectivity index (χ1) is 12.8. The standard InChI is InChI=1S/C18H25Cl2N3O4S/c1-6-11(2)13(10-22-17(25)27-18(3,4)5)16(24)23-28(21,26)12-7-8-14(19)15(20)9-12/h7-11,13H,6H2,1-5H3,(H2,21,23,24,26)/t11-,13?,28?/m0/s1. The number of amides is 2. The molecule has 156 valence electrons. The van der Waals surface area contributed by atoms with Gasteiger partial charge >= 0.3 is 6.09 Å². The Morgan fingerprint density at radius 2 is 1.89 bits per heavy atom. The molecule has 0 aliphatic heterocycles. The summed E-state index contributed by atoms with van der Waals surface area (Å²) in [5.74, 6) is -1.85. The summed E-state index contributed by atoms with van der Waals surface area (Å²) in [4.78, 5) is 28.2. The summed E-state index contributed by atoms with van der Waals surface area (Å²) in [5.41, 5.74) is -0.714. The van der Waals surface area contributed by atoms with Gasteiger partial charge in [-0.2, -0.15) is 4.99 Å². The maximum absolute atomic E-state index is 12.8. The van der Waals surface area contributed by atoms with Gasteiger partial charge in [0.15, 0.2) is 0 Å². The van der Waals surface area contributed by atoms with E-state index < -0.39 is 33.4 Å². The zero-order chi connectivity index (χ0) is 21.7. The maximum atomic E-state index is 12.8. The second kappa shape index (κ2) is 9.82. The third-order valence-corrected chi connectivity index (χ3v) is 5.85. The summed E-state index contributed by atoms with van der Waals surface area (Å²) >= 11 is 11.8. The Kier molecular flexibility index (Phi) is 8.62. The van der Waals surface area contributed by atoms with Crippen molar-refractivity contribution in [3.05, 3.63) is 28.2 Å². The van der Waals surface area contributed by atoms with Gasteiger partial charge in [-0.3, -0.25) is 4.79 Å². The molecule has 7 nitrogen and oxygen atoms in total. The highest BCUT2D eigenvalue weighted by atomic mass is 35.5. The van der Waals surface area contributed by atoms with Crippen molar-refractivity contribution < 1.29 is 18.5 Å². The van der Waals surface area contributed by atoms with Crippen LogP contribution in [0, 0.1) is 11.8 Å². The minimum Gasteiger partial charge on any atom is -0.442 e. The molecular formula is C18H25Cl2N3O4S. The van der Waals surface area contributed by atoms with Crippen molar-refractivity contribution in [1.82, 2.24) is 0 Å². The van der Waals surface area contributed by atoms with E-state index in [1.807, 2.05) is 6.92 Å². The molecule has 28 heavy (non-hydrogen) atoms. The first-order valence-corrected chi connectivity index (χ1v) is 10.9. The van der Waals surface area contributed by atoms with Crippen molar-refractivity contribution in [3.63, 3.8) is 0 Å². The number of benzene rings is 1. The third-order valence-electron chi connectivity index (χ3n) is 3.73. The van der Waals surface area contributed by atoms with Crippen LogP contribution in [0.15, 0.2) is 32.4 Å². The Morgan fingerprint density at radius 1 is 1.29 bits per heavy atom. The number of nitrogens with two attached hydrogens (primary N) is 1. The van der Waals surface area contributed by atoms with Crippen molar-refractivity contribution in [3.8, 4) is 0 Å². The average molecular weight is 450 g/mol. The second-order valence-corrected chi connectivity index (χ2v) is 9.85. The molecule has 1 aromatic rings. The van der Waals surface area contributed by atoms with Crippen molar-refractivity contribution in [2.24, 2.45) is 26.3 Å². The number of carbonyl (C=O) groups is 2. The van der Waals surface area contributed by atoms with Gasteiger partial charge in [-0.1, -0.05) is 43.5 Å². The fourth-order valence-corrected chi connectivity index (χ4v) is 3.45. The van der Waals surface area contributed by atoms with E-state index in [9.17, 15) is 13.8 Å². The predicted molar refractivity (Wildman–Crippen MR) is 112 cm³/mol. The Hall–Kier alpha value is -1.48. The van der Waals surface area contributed by atoms with Gasteiger partial charge in [-0.15, -0.1) is 4.36 Å². The molecule has 0 saturated heterocycles. The number of carbonyl (C=O) groups excluding carboxylic acids is 2. The molecule has 10 heteroatoms. The van der Waals surface area contributed by atoms with Gasteiger partial charge in [0.1, 0.15) is 15.5 Å². The highest BCUT2D eigenvalue weighted by Gasteiger charge is 2.25. The Morgan fingerprint density at radius 3 is 2.39 bits per heavy atom. The molecule has 0 saturated carbocycles. The fourth-order valence-electron chi connectivity index (χ4n) is 2.04. The van der Waals surface area contributed by atoms with E-state index in [4.69, 9.17) is 33.1 Å². The van der Waals surface area contributed by atoms with Crippen molar-refractivity contribution in [1.29, 1.82) is 0 Å². The third kappa shape index (κ3) is 7.50. The number of aliphatic imine (C=N–C) groups is 1. The van der Waals surface area contributed by atoms with Crippen LogP contribution in [0.25, 0.3) is 0 Å². The summed E-state index contributed by atoms with van der Waals surface area (Å²) in [5, 5.41) is 6.18. The largest absolute Gasteiger partial charge is 0.442 e. The number of ether oxygens (including phenoxy) is 1. The van der Waals surface area contributed by atoms with Gasteiger partial charge in [0.25, 0.3) is 5.91 Å². The van der Waals surface area contributed by atoms with Gasteiger partial charge < -0.3 is 4.74 Å². The first-order valence-electron chi connectivity index (χ1n) is 8.58. The quantitative estimate of drug-likeness (QED) is 0.644. The van der Waals surface area contributed by atoms with Crippen LogP contribution in [0.4, 0.5) is 4.79 Å². The monoisotopic (exact) mass is 449 g/mol. The minimum atomic E-state index is -3.55. The highest BCUT2D eigenvalue weighted by molar-refractivity contribution is 7.91. The molecule has 3 atom stereocenters. The van der Waals surface area contributed by atoms with E-state index >= 15 is 0 Å². The zero-order valence-electron chi connectivity index (χ0n) is 16.4. The Bertz CT molecular complexity index is 887. The summed E-state index contributed by atoms with van der Waals surface area (Å²) in [6.07, 6.45) is 0.940. The lowest BCUT2D eigenvalue weighted by Gasteiger charge is -2.18. The molecule has 0 radical (unpaired) electrons. The topological polar surface area (TPSA) is 111 Å². The minimum absolute atomic E-state index is 0.0715. The number of hydrogen-bond acceptors (Lipinski definition) is 4. The Labute approximate surface area is 176 Å². The molecule has 2 unspecified atom stereocenters. The average Bonchev–Trinajstić information content (AvgIpc) is 2.54. The molecule has 1 aromatic carbocycles. The Balaban J connectivity index is 3.19. The number of rotatable bonds is 5. The van der Waals surface area contributed by atoms with E-state index in [1.54, 1.807) is 27.7 Å². The predicted octanol–water partition coefficient (Wildman–Crippen LogP) is 4.89. The van der Waals surface area contributed by atoms with E-state index in [0.717, 1.165) is 0 Å². The molecule has 0 aliphatic rings. The number of halogens is 2. The molecule has 0 aromatic heterocycles. The fraction of sp³-hybridized carbons (Fsp3) is 0.500. The summed E-state index contributed by atoms with van der Waals surface area (Å²) in [7, 11) is -3.55. The van der Waals surface area contributed by atoms with Crippen LogP contribution in [0.2, 0.25) is 10.0 Å². The van der Waals surface area contributed by atoms with E-state index in [2.05, 4.69) is 9.36 Å². The number of nitrogens with zero attached hydrogens (tertiary/aromatic N) is 2. The van der Waals surface area contributed by atoms with Gasteiger partial charge in [-0.05, 0) is 44.9 Å². The van der Waals surface area contributed by atoms with Crippen LogP contribution in [-0.2, 0) is 19.4 Å². The van der Waals surface area contributed by atoms with Gasteiger partial charge in [0, 0.05) is 6.21 Å². The molecule has 0 heterocycles. The molecule has 0 spiro atoms. The molecule has 0 aliphatic carbocycles. The summed E-state index contributed by atoms with van der Waals surface area (Å²) in [6.45, 7) is 8.76. The summed E-state index contributed by atoms with van der Waals surface area (Å²) < 4.78 is 21.5. The molecule has 2 N–H and O–H groups in total. The van der Waals surface area contributed by atoms with Crippen LogP contribution in [0.3, 0.4) is 0 Å². The normalized spacial score (nSPS) is 16.3. The number of hydrogen-bond donors (Lipinski definition) is 1. The summed E-state index contributed by atoms with van der Waals surface area (Å²) in [6, 6.07) is 4.11. The van der Waals surface area contributed by atoms with Crippen LogP contribution >= 0.6 is 23.2 Å².